The summed E-state index contributed by atoms with van der Waals surface area (Å²) in [5.41, 5.74) is 8.51. The number of rotatable bonds is 5. The van der Waals surface area contributed by atoms with Crippen molar-refractivity contribution in [2.45, 2.75) is 0 Å². The summed E-state index contributed by atoms with van der Waals surface area (Å²) in [5, 5.41) is 3.44. The Morgan fingerprint density at radius 2 is 0.957 bits per heavy atom. The van der Waals surface area contributed by atoms with Gasteiger partial charge in [0.2, 0.25) is 5.95 Å². The minimum Gasteiger partial charge on any atom is -0.315 e. The lowest BCUT2D eigenvalue weighted by atomic mass is 9.98. The van der Waals surface area contributed by atoms with Gasteiger partial charge >= 0.3 is 0 Å². The largest absolute Gasteiger partial charge is 0.315 e. The van der Waals surface area contributed by atoms with Crippen molar-refractivity contribution in [2.24, 2.45) is 0 Å². The Bertz CT molecular complexity index is 2440. The van der Waals surface area contributed by atoms with Crippen molar-refractivity contribution in [3.63, 3.8) is 0 Å². The number of para-hydroxylation sites is 2. The third-order valence-corrected chi connectivity index (χ3v) is 8.61. The van der Waals surface area contributed by atoms with Gasteiger partial charge in [0.1, 0.15) is 0 Å². The van der Waals surface area contributed by atoms with E-state index in [4.69, 9.17) is 15.0 Å². The van der Waals surface area contributed by atoms with Crippen LogP contribution in [0.4, 0.5) is 0 Å². The molecular weight excluding hydrogens is 562 g/mol. The summed E-state index contributed by atoms with van der Waals surface area (Å²) in [5.74, 6) is 1.84. The summed E-state index contributed by atoms with van der Waals surface area (Å²) in [6, 6.07) is 54.5. The van der Waals surface area contributed by atoms with Crippen LogP contribution in [-0.2, 0) is 0 Å². The van der Waals surface area contributed by atoms with Crippen LogP contribution in [0, 0.1) is 0 Å². The normalized spacial score (nSPS) is 11.5. The Morgan fingerprint density at radius 1 is 0.413 bits per heavy atom. The van der Waals surface area contributed by atoms with E-state index in [0.29, 0.717) is 17.6 Å². The quantitative estimate of drug-likeness (QED) is 0.201. The van der Waals surface area contributed by atoms with Crippen LogP contribution < -0.4 is 0 Å². The predicted octanol–water partition coefficient (Wildman–Crippen LogP) is 9.91. The minimum absolute atomic E-state index is 0.577. The molecule has 46 heavy (non-hydrogen) atoms. The topological polar surface area (TPSA) is 48.5 Å². The van der Waals surface area contributed by atoms with Crippen molar-refractivity contribution in [2.75, 3.05) is 0 Å². The highest BCUT2D eigenvalue weighted by atomic mass is 15.2. The summed E-state index contributed by atoms with van der Waals surface area (Å²) >= 11 is 0. The molecule has 0 aliphatic heterocycles. The molecule has 3 aromatic heterocycles. The van der Waals surface area contributed by atoms with Crippen LogP contribution in [0.15, 0.2) is 164 Å². The van der Waals surface area contributed by atoms with Crippen LogP contribution >= 0.6 is 0 Å². The second kappa shape index (κ2) is 10.7. The molecule has 0 bridgehead atoms. The van der Waals surface area contributed by atoms with E-state index >= 15 is 0 Å². The maximum atomic E-state index is 5.18. The fourth-order valence-corrected chi connectivity index (χ4v) is 6.52. The summed E-state index contributed by atoms with van der Waals surface area (Å²) in [4.78, 5) is 15.3. The molecule has 3 heterocycles. The molecule has 0 unspecified atom stereocenters. The van der Waals surface area contributed by atoms with Crippen molar-refractivity contribution in [1.82, 2.24) is 24.1 Å². The molecule has 0 saturated carbocycles. The summed E-state index contributed by atoms with van der Waals surface area (Å²) < 4.78 is 4.51. The number of nitrogens with zero attached hydrogens (tertiary/aromatic N) is 5. The average molecular weight is 590 g/mol. The molecule has 0 radical (unpaired) electrons. The fraction of sp³-hybridized carbons (Fsp3) is 0. The third-order valence-electron chi connectivity index (χ3n) is 8.61. The molecule has 0 amide bonds. The van der Waals surface area contributed by atoms with Crippen molar-refractivity contribution >= 4 is 32.7 Å². The van der Waals surface area contributed by atoms with E-state index < -0.39 is 0 Å². The molecule has 0 atom stereocenters. The van der Waals surface area contributed by atoms with Gasteiger partial charge in [-0.15, -0.1) is 0 Å². The van der Waals surface area contributed by atoms with E-state index in [1.807, 2.05) is 60.7 Å². The molecule has 5 nitrogen and oxygen atoms in total. The van der Waals surface area contributed by atoms with Gasteiger partial charge in [-0.2, -0.15) is 9.97 Å². The molecule has 216 valence electrons. The Balaban J connectivity index is 1.45. The SMILES string of the molecule is c1ccc(-c2nc(-c3ccccc3)nc(-n3c4ccccc4c4cc(-c5ccccc5)c5ccn(-c6ccccc6)c5c43)n2)cc1. The lowest BCUT2D eigenvalue weighted by Gasteiger charge is -2.14. The highest BCUT2D eigenvalue weighted by Crippen LogP contribution is 2.42. The van der Waals surface area contributed by atoms with Gasteiger partial charge in [0.05, 0.1) is 16.6 Å². The molecule has 0 saturated heterocycles. The van der Waals surface area contributed by atoms with Crippen molar-refractivity contribution in [3.05, 3.63) is 164 Å². The zero-order valence-electron chi connectivity index (χ0n) is 24.8. The third kappa shape index (κ3) is 4.21. The highest BCUT2D eigenvalue weighted by molar-refractivity contribution is 6.21. The van der Waals surface area contributed by atoms with Gasteiger partial charge in [0.25, 0.3) is 0 Å². The first-order valence-electron chi connectivity index (χ1n) is 15.4. The number of hydrogen-bond donors (Lipinski definition) is 0. The lowest BCUT2D eigenvalue weighted by Crippen LogP contribution is -2.07. The Kier molecular flexibility index (Phi) is 6.06. The minimum atomic E-state index is 0.577. The van der Waals surface area contributed by atoms with Gasteiger partial charge < -0.3 is 4.57 Å². The zero-order valence-corrected chi connectivity index (χ0v) is 24.8. The standard InChI is InChI=1S/C41H27N5/c1-5-15-28(16-6-1)34-27-35-32-23-13-14-24-36(32)46(38(35)37-33(34)25-26-45(37)31-21-11-4-12-22-31)41-43-39(29-17-7-2-8-18-29)42-40(44-41)30-19-9-3-10-20-30/h1-27H. The number of aromatic nitrogens is 5. The molecule has 9 rings (SSSR count). The molecule has 0 N–H and O–H groups in total. The maximum Gasteiger partial charge on any atom is 0.238 e. The van der Waals surface area contributed by atoms with Gasteiger partial charge in [0.15, 0.2) is 11.6 Å². The molecule has 0 aliphatic carbocycles. The van der Waals surface area contributed by atoms with E-state index in [9.17, 15) is 0 Å². The molecule has 0 spiro atoms. The number of benzene rings is 6. The zero-order chi connectivity index (χ0) is 30.5. The molecule has 6 aromatic carbocycles. The smallest absolute Gasteiger partial charge is 0.238 e. The van der Waals surface area contributed by atoms with Gasteiger partial charge in [-0.05, 0) is 41.5 Å². The summed E-state index contributed by atoms with van der Waals surface area (Å²) in [6.45, 7) is 0. The van der Waals surface area contributed by atoms with E-state index in [0.717, 1.165) is 49.5 Å². The van der Waals surface area contributed by atoms with Crippen molar-refractivity contribution < 1.29 is 0 Å². The second-order valence-corrected chi connectivity index (χ2v) is 11.3. The van der Waals surface area contributed by atoms with Gasteiger partial charge in [0, 0.05) is 39.2 Å². The van der Waals surface area contributed by atoms with Gasteiger partial charge in [-0.3, -0.25) is 4.57 Å². The van der Waals surface area contributed by atoms with Gasteiger partial charge in [-0.1, -0.05) is 127 Å². The van der Waals surface area contributed by atoms with Gasteiger partial charge in [-0.25, -0.2) is 4.98 Å². The van der Waals surface area contributed by atoms with E-state index in [1.165, 1.54) is 11.1 Å². The predicted molar refractivity (Wildman–Crippen MR) is 187 cm³/mol. The van der Waals surface area contributed by atoms with Crippen molar-refractivity contribution in [3.8, 4) is 45.5 Å². The molecule has 0 fully saturated rings. The fourth-order valence-electron chi connectivity index (χ4n) is 6.52. The lowest BCUT2D eigenvalue weighted by molar-refractivity contribution is 0.953. The maximum absolute atomic E-state index is 5.18. The average Bonchev–Trinajstić information content (AvgIpc) is 3.73. The second-order valence-electron chi connectivity index (χ2n) is 11.3. The Hall–Kier alpha value is -6.33. The van der Waals surface area contributed by atoms with Crippen LogP contribution in [0.3, 0.4) is 0 Å². The van der Waals surface area contributed by atoms with E-state index in [-0.39, 0.29) is 0 Å². The van der Waals surface area contributed by atoms with E-state index in [1.54, 1.807) is 0 Å². The number of hydrogen-bond acceptors (Lipinski definition) is 3. The van der Waals surface area contributed by atoms with Crippen LogP contribution in [0.25, 0.3) is 78.2 Å². The monoisotopic (exact) mass is 589 g/mol. The molecule has 0 aliphatic rings. The molecule has 9 aromatic rings. The molecular formula is C41H27N5. The summed E-state index contributed by atoms with van der Waals surface area (Å²) in [6.07, 6.45) is 2.17. The van der Waals surface area contributed by atoms with Crippen LogP contribution in [0.5, 0.6) is 0 Å². The van der Waals surface area contributed by atoms with Crippen LogP contribution in [0.1, 0.15) is 0 Å². The summed E-state index contributed by atoms with van der Waals surface area (Å²) in [7, 11) is 0. The van der Waals surface area contributed by atoms with Crippen molar-refractivity contribution in [1.29, 1.82) is 0 Å². The number of fused-ring (bicyclic) bond motifs is 5. The van der Waals surface area contributed by atoms with Crippen LogP contribution in [0.2, 0.25) is 0 Å². The van der Waals surface area contributed by atoms with E-state index in [2.05, 4.69) is 112 Å². The highest BCUT2D eigenvalue weighted by Gasteiger charge is 2.23. The first-order chi connectivity index (χ1) is 22.8. The Morgan fingerprint density at radius 3 is 1.59 bits per heavy atom. The molecule has 5 heteroatoms. The van der Waals surface area contributed by atoms with Crippen LogP contribution in [-0.4, -0.2) is 24.1 Å². The Labute approximate surface area is 265 Å². The first-order valence-corrected chi connectivity index (χ1v) is 15.4. The first kappa shape index (κ1) is 26.1.